The van der Waals surface area contributed by atoms with Crippen LogP contribution in [0.25, 0.3) is 0 Å². The summed E-state index contributed by atoms with van der Waals surface area (Å²) in [5, 5.41) is 14.6. The maximum Gasteiger partial charge on any atom is 0.259 e. The predicted octanol–water partition coefficient (Wildman–Crippen LogP) is 5.14. The van der Waals surface area contributed by atoms with Crippen molar-refractivity contribution < 1.29 is 18.4 Å². The van der Waals surface area contributed by atoms with E-state index in [0.29, 0.717) is 45.1 Å². The average Bonchev–Trinajstić information content (AvgIpc) is 3.53. The smallest absolute Gasteiger partial charge is 0.259 e. The molecule has 3 aliphatic heterocycles. The van der Waals surface area contributed by atoms with Crippen LogP contribution >= 0.6 is 0 Å². The Morgan fingerprint density at radius 2 is 1.37 bits per heavy atom. The maximum absolute atomic E-state index is 17.2. The zero-order valence-corrected chi connectivity index (χ0v) is 32.0. The van der Waals surface area contributed by atoms with Crippen molar-refractivity contribution >= 4 is 23.5 Å². The van der Waals surface area contributed by atoms with Gasteiger partial charge in [0.2, 0.25) is 5.91 Å². The lowest BCUT2D eigenvalue weighted by molar-refractivity contribution is -0.134. The molecule has 13 heteroatoms. The van der Waals surface area contributed by atoms with E-state index in [4.69, 9.17) is 5.73 Å². The highest BCUT2D eigenvalue weighted by Gasteiger charge is 2.47. The first kappa shape index (κ1) is 39.2. The number of aromatic nitrogens is 2. The molecule has 2 amide bonds. The number of likely N-dealkylation sites (N-methyl/N-ethyl adjacent to an activating group) is 1. The molecule has 1 aromatic rings. The van der Waals surface area contributed by atoms with Gasteiger partial charge in [-0.05, 0) is 51.6 Å². The summed E-state index contributed by atoms with van der Waals surface area (Å²) in [6, 6.07) is -1.85. The molecular weight excluding hydrogens is 664 g/mol. The monoisotopic (exact) mass is 732 g/mol. The van der Waals surface area contributed by atoms with Gasteiger partial charge in [0, 0.05) is 45.3 Å². The van der Waals surface area contributed by atoms with Crippen LogP contribution in [0.15, 0.2) is 0 Å². The number of anilines is 2. The maximum atomic E-state index is 17.2. The molecule has 52 heavy (non-hydrogen) atoms. The fourth-order valence-electron chi connectivity index (χ4n) is 10.1. The first-order chi connectivity index (χ1) is 25.2. The molecule has 6 atom stereocenters. The summed E-state index contributed by atoms with van der Waals surface area (Å²) in [6.07, 6.45) is 16.9. The van der Waals surface area contributed by atoms with E-state index in [1.54, 1.807) is 4.68 Å². The summed E-state index contributed by atoms with van der Waals surface area (Å²) in [5.74, 6) is 0.588. The first-order valence-electron chi connectivity index (χ1n) is 20.8. The van der Waals surface area contributed by atoms with Crippen LogP contribution < -0.4 is 21.7 Å². The Morgan fingerprint density at radius 1 is 0.808 bits per heavy atom. The summed E-state index contributed by atoms with van der Waals surface area (Å²) >= 11 is 0. The molecule has 6 rings (SSSR count). The fraction of sp³-hybridized carbons (Fsp3) is 0.872. The summed E-state index contributed by atoms with van der Waals surface area (Å²) in [6.45, 7) is 3.03. The van der Waals surface area contributed by atoms with Crippen LogP contribution in [0.1, 0.15) is 126 Å². The number of hydrogen-bond acceptors (Lipinski definition) is 8. The lowest BCUT2D eigenvalue weighted by Crippen LogP contribution is -2.71. The second-order valence-electron chi connectivity index (χ2n) is 16.8. The van der Waals surface area contributed by atoms with Crippen LogP contribution in [-0.4, -0.2) is 127 Å². The van der Waals surface area contributed by atoms with Gasteiger partial charge in [-0.3, -0.25) is 14.5 Å². The second kappa shape index (κ2) is 18.7. The number of piperidine rings is 1. The van der Waals surface area contributed by atoms with Crippen molar-refractivity contribution in [3.63, 3.8) is 0 Å². The van der Waals surface area contributed by atoms with Crippen LogP contribution in [0.5, 0.6) is 0 Å². The molecule has 11 nitrogen and oxygen atoms in total. The third-order valence-electron chi connectivity index (χ3n) is 12.8. The Labute approximate surface area is 310 Å². The Bertz CT molecular complexity index is 1280. The lowest BCUT2D eigenvalue weighted by Gasteiger charge is -2.49. The van der Waals surface area contributed by atoms with Gasteiger partial charge in [0.1, 0.15) is 23.7 Å². The Kier molecular flexibility index (Phi) is 14.1. The molecule has 0 spiro atoms. The summed E-state index contributed by atoms with van der Waals surface area (Å²) in [5.41, 5.74) is 6.74. The number of nitrogens with two attached hydrogens (primary N) is 1. The van der Waals surface area contributed by atoms with E-state index in [1.165, 1.54) is 44.9 Å². The first-order valence-corrected chi connectivity index (χ1v) is 20.8. The minimum absolute atomic E-state index is 0.0764. The van der Waals surface area contributed by atoms with Crippen molar-refractivity contribution in [2.24, 2.45) is 11.8 Å². The number of amides is 2. The van der Waals surface area contributed by atoms with Crippen molar-refractivity contribution in [1.29, 1.82) is 0 Å². The largest absolute Gasteiger partial charge is 0.381 e. The molecule has 4 heterocycles. The molecule has 0 bridgehead atoms. The molecule has 0 radical (unpaired) electrons. The van der Waals surface area contributed by atoms with Crippen molar-refractivity contribution in [3.05, 3.63) is 5.56 Å². The van der Waals surface area contributed by atoms with Crippen LogP contribution in [-0.2, 0) is 4.79 Å². The number of hydrogen-bond donors (Lipinski definition) is 4. The quantitative estimate of drug-likeness (QED) is 0.304. The SMILES string of the molecule is CN(C)CC(=O)N1CCN(C2C(NC(=O)c3c(N)nn4c3NCC(F)C4C3CCCCCCCCC3)CNC(C3CCCCCCCC3)C2F)CC1. The highest BCUT2D eigenvalue weighted by Crippen LogP contribution is 2.40. The number of nitrogens with one attached hydrogen (secondary N) is 3. The minimum atomic E-state index is -1.20. The molecule has 2 aliphatic carbocycles. The Hall–Kier alpha value is -2.51. The third kappa shape index (κ3) is 9.40. The number of rotatable bonds is 7. The molecule has 5 N–H and O–H groups in total. The number of halogens is 2. The number of nitrogen functional groups attached to an aromatic ring is 1. The minimum Gasteiger partial charge on any atom is -0.381 e. The highest BCUT2D eigenvalue weighted by atomic mass is 19.1. The molecule has 5 aliphatic rings. The summed E-state index contributed by atoms with van der Waals surface area (Å²) in [4.78, 5) is 33.1. The number of nitrogens with zero attached hydrogens (tertiary/aromatic N) is 5. The van der Waals surface area contributed by atoms with Crippen LogP contribution in [0.3, 0.4) is 0 Å². The number of carbonyl (C=O) groups excluding carboxylic acids is 2. The number of carbonyl (C=O) groups is 2. The molecule has 2 saturated carbocycles. The number of fused-ring (bicyclic) bond motifs is 1. The molecule has 4 fully saturated rings. The Balaban J connectivity index is 1.21. The normalized spacial score (nSPS) is 31.1. The van der Waals surface area contributed by atoms with E-state index in [2.05, 4.69) is 25.9 Å². The third-order valence-corrected chi connectivity index (χ3v) is 12.8. The Morgan fingerprint density at radius 3 is 1.94 bits per heavy atom. The van der Waals surface area contributed by atoms with E-state index in [1.807, 2.05) is 23.9 Å². The van der Waals surface area contributed by atoms with Crippen LogP contribution in [0.4, 0.5) is 20.4 Å². The van der Waals surface area contributed by atoms with Gasteiger partial charge < -0.3 is 31.5 Å². The average molecular weight is 732 g/mol. The fourth-order valence-corrected chi connectivity index (χ4v) is 10.1. The van der Waals surface area contributed by atoms with Gasteiger partial charge in [-0.1, -0.05) is 83.5 Å². The molecule has 2 saturated heterocycles. The highest BCUT2D eigenvalue weighted by molar-refractivity contribution is 6.03. The van der Waals surface area contributed by atoms with Crippen molar-refractivity contribution in [2.45, 2.75) is 146 Å². The van der Waals surface area contributed by atoms with Crippen molar-refractivity contribution in [1.82, 2.24) is 35.1 Å². The van der Waals surface area contributed by atoms with Gasteiger partial charge in [0.05, 0.1) is 24.7 Å². The topological polar surface area (TPSA) is 124 Å². The lowest BCUT2D eigenvalue weighted by atomic mass is 9.80. The molecule has 6 unspecified atom stereocenters. The second-order valence-corrected chi connectivity index (χ2v) is 16.8. The van der Waals surface area contributed by atoms with Gasteiger partial charge in [-0.2, -0.15) is 5.10 Å². The summed E-state index contributed by atoms with van der Waals surface area (Å²) < 4.78 is 34.7. The van der Waals surface area contributed by atoms with Gasteiger partial charge >= 0.3 is 0 Å². The molecule has 294 valence electrons. The van der Waals surface area contributed by atoms with Gasteiger partial charge in [-0.25, -0.2) is 13.5 Å². The van der Waals surface area contributed by atoms with Gasteiger partial charge in [0.25, 0.3) is 5.91 Å². The number of piperazine rings is 1. The molecule has 1 aromatic heterocycles. The number of alkyl halides is 2. The predicted molar refractivity (Wildman–Crippen MR) is 203 cm³/mol. The molecule has 0 aromatic carbocycles. The van der Waals surface area contributed by atoms with E-state index < -0.39 is 36.4 Å². The van der Waals surface area contributed by atoms with Gasteiger partial charge in [-0.15, -0.1) is 0 Å². The van der Waals surface area contributed by atoms with Crippen LogP contribution in [0, 0.1) is 11.8 Å². The van der Waals surface area contributed by atoms with Crippen molar-refractivity contribution in [3.8, 4) is 0 Å². The zero-order valence-electron chi connectivity index (χ0n) is 32.0. The van der Waals surface area contributed by atoms with Gasteiger partial charge in [0.15, 0.2) is 5.82 Å². The summed E-state index contributed by atoms with van der Waals surface area (Å²) in [7, 11) is 3.77. The van der Waals surface area contributed by atoms with E-state index in [0.717, 1.165) is 64.2 Å². The van der Waals surface area contributed by atoms with Crippen molar-refractivity contribution in [2.75, 3.05) is 71.0 Å². The zero-order chi connectivity index (χ0) is 36.6. The van der Waals surface area contributed by atoms with E-state index in [9.17, 15) is 9.59 Å². The van der Waals surface area contributed by atoms with E-state index in [-0.39, 0.29) is 41.7 Å². The van der Waals surface area contributed by atoms with Crippen LogP contribution in [0.2, 0.25) is 0 Å². The standard InChI is InChI=1S/C39H67F2N9O2/c1-47(2)26-31(51)48-20-22-49(23-21-48)36-30(25-43-34(33(36)41)27-16-12-8-6-7-9-13-17-27)45-39(52)32-37(42)46-50-35(29(40)24-44-38(32)50)28-18-14-10-4-3-5-11-15-19-28/h27-30,33-36,43-44H,3-26H2,1-2H3,(H2,42,46)(H,45,52). The molecular formula is C39H67F2N9O2. The van der Waals surface area contributed by atoms with E-state index >= 15 is 8.78 Å².